The Labute approximate surface area is 170 Å². The maximum atomic E-state index is 10.8. The predicted octanol–water partition coefficient (Wildman–Crippen LogP) is 6.00. The highest BCUT2D eigenvalue weighted by Gasteiger charge is 2.07. The molecular weight excluding hydrogens is 420 g/mol. The Hall–Kier alpha value is -3.43. The summed E-state index contributed by atoms with van der Waals surface area (Å²) < 4.78 is 6.85. The topological polar surface area (TPSA) is 76.2 Å². The molecule has 3 aromatic carbocycles. The molecule has 3 aromatic rings. The van der Waals surface area contributed by atoms with Crippen LogP contribution in [0.4, 0.5) is 5.69 Å². The lowest BCUT2D eigenvalue weighted by Crippen LogP contribution is -1.95. The second-order valence-electron chi connectivity index (χ2n) is 5.96. The molecule has 0 amide bonds. The molecule has 0 saturated heterocycles. The van der Waals surface area contributed by atoms with Gasteiger partial charge < -0.3 is 4.74 Å². The summed E-state index contributed by atoms with van der Waals surface area (Å²) in [6, 6.07) is 23.4. The summed E-state index contributed by atoms with van der Waals surface area (Å²) >= 11 is 3.40. The van der Waals surface area contributed by atoms with Gasteiger partial charge in [-0.25, -0.2) is 0 Å². The van der Waals surface area contributed by atoms with Gasteiger partial charge in [0.2, 0.25) is 0 Å². The first-order valence-electron chi connectivity index (χ1n) is 8.39. The van der Waals surface area contributed by atoms with Crippen LogP contribution < -0.4 is 4.74 Å². The SMILES string of the molecule is N#CC(=Cc1cccc(OCc2ccc(Br)cc2)c1)c1ccc([N+](=O)[O-])cc1. The maximum Gasteiger partial charge on any atom is 0.269 e. The standard InChI is InChI=1S/C22H15BrN2O3/c23-20-8-4-16(5-9-20)15-28-22-3-1-2-17(13-22)12-19(14-24)18-6-10-21(11-7-18)25(26)27/h1-13H,15H2. The van der Waals surface area contributed by atoms with Crippen molar-refractivity contribution in [2.45, 2.75) is 6.61 Å². The van der Waals surface area contributed by atoms with Crippen molar-refractivity contribution in [1.29, 1.82) is 5.26 Å². The number of benzene rings is 3. The maximum absolute atomic E-state index is 10.8. The lowest BCUT2D eigenvalue weighted by atomic mass is 10.0. The van der Waals surface area contributed by atoms with Crippen LogP contribution in [0.3, 0.4) is 0 Å². The van der Waals surface area contributed by atoms with Crippen LogP contribution in [0.2, 0.25) is 0 Å². The number of nitriles is 1. The second-order valence-corrected chi connectivity index (χ2v) is 6.88. The highest BCUT2D eigenvalue weighted by molar-refractivity contribution is 9.10. The van der Waals surface area contributed by atoms with Crippen LogP contribution >= 0.6 is 15.9 Å². The number of rotatable bonds is 6. The summed E-state index contributed by atoms with van der Waals surface area (Å²) in [6.45, 7) is 0.438. The van der Waals surface area contributed by atoms with Gasteiger partial charge in [0.25, 0.3) is 5.69 Å². The molecule has 0 aliphatic carbocycles. The minimum Gasteiger partial charge on any atom is -0.489 e. The van der Waals surface area contributed by atoms with Gasteiger partial charge in [0.05, 0.1) is 16.6 Å². The van der Waals surface area contributed by atoms with E-state index < -0.39 is 4.92 Å². The number of allylic oxidation sites excluding steroid dienone is 1. The third kappa shape index (κ3) is 5.06. The third-order valence-corrected chi connectivity index (χ3v) is 4.53. The third-order valence-electron chi connectivity index (χ3n) is 4.00. The Morgan fingerprint density at radius 2 is 1.82 bits per heavy atom. The van der Waals surface area contributed by atoms with Gasteiger partial charge in [-0.1, -0.05) is 40.2 Å². The number of hydrogen-bond acceptors (Lipinski definition) is 4. The highest BCUT2D eigenvalue weighted by Crippen LogP contribution is 2.23. The van der Waals surface area contributed by atoms with E-state index in [1.54, 1.807) is 18.2 Å². The summed E-state index contributed by atoms with van der Waals surface area (Å²) in [4.78, 5) is 10.3. The zero-order chi connectivity index (χ0) is 19.9. The van der Waals surface area contributed by atoms with Gasteiger partial charge in [0, 0.05) is 16.6 Å². The van der Waals surface area contributed by atoms with Crippen LogP contribution in [-0.4, -0.2) is 4.92 Å². The predicted molar refractivity (Wildman–Crippen MR) is 111 cm³/mol. The minimum atomic E-state index is -0.466. The van der Waals surface area contributed by atoms with Crippen molar-refractivity contribution >= 4 is 33.3 Å². The van der Waals surface area contributed by atoms with E-state index in [2.05, 4.69) is 22.0 Å². The van der Waals surface area contributed by atoms with Crippen molar-refractivity contribution in [2.75, 3.05) is 0 Å². The molecular formula is C22H15BrN2O3. The van der Waals surface area contributed by atoms with Gasteiger partial charge in [-0.05, 0) is 59.2 Å². The van der Waals surface area contributed by atoms with Crippen LogP contribution in [0.1, 0.15) is 16.7 Å². The van der Waals surface area contributed by atoms with Crippen molar-refractivity contribution in [1.82, 2.24) is 0 Å². The van der Waals surface area contributed by atoms with Gasteiger partial charge >= 0.3 is 0 Å². The minimum absolute atomic E-state index is 0.00983. The molecule has 138 valence electrons. The Kier molecular flexibility index (Phi) is 6.20. The number of halogens is 1. The first kappa shape index (κ1) is 19.3. The van der Waals surface area contributed by atoms with Crippen LogP contribution in [0.5, 0.6) is 5.75 Å². The molecule has 0 bridgehead atoms. The fourth-order valence-electron chi connectivity index (χ4n) is 2.55. The monoisotopic (exact) mass is 434 g/mol. The molecule has 3 rings (SSSR count). The first-order chi connectivity index (χ1) is 13.5. The van der Waals surface area contributed by atoms with Gasteiger partial charge in [-0.3, -0.25) is 10.1 Å². The number of nitro benzene ring substituents is 1. The Morgan fingerprint density at radius 3 is 2.46 bits per heavy atom. The molecule has 0 aliphatic rings. The van der Waals surface area contributed by atoms with Gasteiger partial charge in [-0.15, -0.1) is 0 Å². The number of nitrogens with zero attached hydrogens (tertiary/aromatic N) is 2. The molecule has 28 heavy (non-hydrogen) atoms. The molecule has 0 atom stereocenters. The Bertz CT molecular complexity index is 1050. The first-order valence-corrected chi connectivity index (χ1v) is 9.18. The molecule has 6 heteroatoms. The van der Waals surface area contributed by atoms with Crippen molar-refractivity contribution in [3.8, 4) is 11.8 Å². The fourth-order valence-corrected chi connectivity index (χ4v) is 2.82. The molecule has 0 fully saturated rings. The normalized spacial score (nSPS) is 10.9. The van der Waals surface area contributed by atoms with Gasteiger partial charge in [0.15, 0.2) is 0 Å². The van der Waals surface area contributed by atoms with Crippen molar-refractivity contribution < 1.29 is 9.66 Å². The largest absolute Gasteiger partial charge is 0.489 e. The lowest BCUT2D eigenvalue weighted by molar-refractivity contribution is -0.384. The zero-order valence-electron chi connectivity index (χ0n) is 14.7. The van der Waals surface area contributed by atoms with E-state index in [4.69, 9.17) is 4.74 Å². The van der Waals surface area contributed by atoms with Gasteiger partial charge in [-0.2, -0.15) is 5.26 Å². The zero-order valence-corrected chi connectivity index (χ0v) is 16.3. The fraction of sp³-hybridized carbons (Fsp3) is 0.0455. The van der Waals surface area contributed by atoms with E-state index >= 15 is 0 Å². The number of non-ortho nitro benzene ring substituents is 1. The molecule has 0 unspecified atom stereocenters. The molecule has 0 aromatic heterocycles. The van der Waals surface area contributed by atoms with E-state index in [-0.39, 0.29) is 5.69 Å². The molecule has 0 spiro atoms. The van der Waals surface area contributed by atoms with E-state index in [0.29, 0.717) is 23.5 Å². The van der Waals surface area contributed by atoms with E-state index in [1.165, 1.54) is 12.1 Å². The van der Waals surface area contributed by atoms with Crippen LogP contribution in [-0.2, 0) is 6.61 Å². The Morgan fingerprint density at radius 1 is 1.11 bits per heavy atom. The van der Waals surface area contributed by atoms with Crippen molar-refractivity contribution in [3.63, 3.8) is 0 Å². The van der Waals surface area contributed by atoms with E-state index in [1.807, 2.05) is 48.5 Å². The van der Waals surface area contributed by atoms with Crippen molar-refractivity contribution in [3.05, 3.63) is 104 Å². The summed E-state index contributed by atoms with van der Waals surface area (Å²) in [5.41, 5.74) is 2.88. The molecule has 0 radical (unpaired) electrons. The second kappa shape index (κ2) is 8.98. The number of nitro groups is 1. The molecule has 5 nitrogen and oxygen atoms in total. The van der Waals surface area contributed by atoms with Gasteiger partial charge in [0.1, 0.15) is 12.4 Å². The lowest BCUT2D eigenvalue weighted by Gasteiger charge is -2.07. The molecule has 0 heterocycles. The Balaban J connectivity index is 1.76. The van der Waals surface area contributed by atoms with Crippen LogP contribution in [0, 0.1) is 21.4 Å². The average molecular weight is 435 g/mol. The summed E-state index contributed by atoms with van der Waals surface area (Å²) in [6.07, 6.45) is 1.73. The summed E-state index contributed by atoms with van der Waals surface area (Å²) in [5, 5.41) is 20.2. The van der Waals surface area contributed by atoms with Crippen LogP contribution in [0.25, 0.3) is 11.6 Å². The summed E-state index contributed by atoms with van der Waals surface area (Å²) in [5.74, 6) is 0.692. The van der Waals surface area contributed by atoms with Crippen molar-refractivity contribution in [2.24, 2.45) is 0 Å². The quantitative estimate of drug-likeness (QED) is 0.206. The van der Waals surface area contributed by atoms with E-state index in [0.717, 1.165) is 15.6 Å². The van der Waals surface area contributed by atoms with Crippen LogP contribution in [0.15, 0.2) is 77.3 Å². The smallest absolute Gasteiger partial charge is 0.269 e. The van der Waals surface area contributed by atoms with E-state index in [9.17, 15) is 15.4 Å². The molecule has 0 saturated carbocycles. The molecule has 0 N–H and O–H groups in total. The summed E-state index contributed by atoms with van der Waals surface area (Å²) in [7, 11) is 0. The molecule has 0 aliphatic heterocycles. The number of ether oxygens (including phenoxy) is 1. The number of hydrogen-bond donors (Lipinski definition) is 0. The average Bonchev–Trinajstić information content (AvgIpc) is 2.72. The highest BCUT2D eigenvalue weighted by atomic mass is 79.9.